The van der Waals surface area contributed by atoms with Crippen molar-refractivity contribution in [3.63, 3.8) is 0 Å². The molecule has 0 spiro atoms. The second-order valence-electron chi connectivity index (χ2n) is 7.01. The van der Waals surface area contributed by atoms with Crippen LogP contribution in [0.15, 0.2) is 71.0 Å². The summed E-state index contributed by atoms with van der Waals surface area (Å²) < 4.78 is 5.35. The third-order valence-electron chi connectivity index (χ3n) is 4.87. The van der Waals surface area contributed by atoms with Crippen molar-refractivity contribution in [1.82, 2.24) is 5.32 Å². The molecule has 3 rings (SSSR count). The van der Waals surface area contributed by atoms with Crippen LogP contribution in [0.3, 0.4) is 0 Å². The van der Waals surface area contributed by atoms with Crippen LogP contribution in [0, 0.1) is 6.92 Å². The fourth-order valence-corrected chi connectivity index (χ4v) is 3.16. The molecule has 2 aromatic carbocycles. The number of furan rings is 1. The lowest BCUT2D eigenvalue weighted by Crippen LogP contribution is -2.31. The molecule has 3 aromatic rings. The summed E-state index contributed by atoms with van der Waals surface area (Å²) in [6.45, 7) is 6.04. The first-order valence-electron chi connectivity index (χ1n) is 10.1. The molecule has 0 aliphatic heterocycles. The highest BCUT2D eigenvalue weighted by molar-refractivity contribution is 6.11. The monoisotopic (exact) mass is 402 g/mol. The first-order chi connectivity index (χ1) is 14.5. The largest absolute Gasteiger partial charge is 0.465 e. The highest BCUT2D eigenvalue weighted by Gasteiger charge is 2.18. The zero-order valence-electron chi connectivity index (χ0n) is 17.5. The number of nitrogens with one attached hydrogen (secondary N) is 2. The highest BCUT2D eigenvalue weighted by atomic mass is 16.3. The Morgan fingerprint density at radius 1 is 0.933 bits per heavy atom. The van der Waals surface area contributed by atoms with Crippen LogP contribution >= 0.6 is 0 Å². The summed E-state index contributed by atoms with van der Waals surface area (Å²) >= 11 is 0. The quantitative estimate of drug-likeness (QED) is 0.539. The van der Waals surface area contributed by atoms with Gasteiger partial charge in [0.15, 0.2) is 0 Å². The molecule has 0 radical (unpaired) electrons. The maximum atomic E-state index is 13.2. The van der Waals surface area contributed by atoms with Gasteiger partial charge in [-0.3, -0.25) is 9.59 Å². The van der Waals surface area contributed by atoms with E-state index in [4.69, 9.17) is 4.42 Å². The van der Waals surface area contributed by atoms with Crippen molar-refractivity contribution in [2.45, 2.75) is 33.6 Å². The fourth-order valence-electron chi connectivity index (χ4n) is 3.16. The van der Waals surface area contributed by atoms with E-state index in [0.717, 1.165) is 35.2 Å². The standard InChI is InChI=1S/C25H26N2O3/c1-4-18-8-6-9-19(5-2)23(18)27-25(29)22(16-21-10-7-15-30-21)26-24(28)20-13-11-17(3)12-14-20/h6-16H,4-5H2,1-3H3,(H,26,28)(H,27,29)/b22-16-. The molecular weight excluding hydrogens is 376 g/mol. The summed E-state index contributed by atoms with van der Waals surface area (Å²) in [6, 6.07) is 16.6. The number of benzene rings is 2. The average Bonchev–Trinajstić information content (AvgIpc) is 3.27. The lowest BCUT2D eigenvalue weighted by molar-refractivity contribution is -0.113. The van der Waals surface area contributed by atoms with E-state index in [2.05, 4.69) is 10.6 Å². The van der Waals surface area contributed by atoms with Crippen molar-refractivity contribution in [3.8, 4) is 0 Å². The molecule has 30 heavy (non-hydrogen) atoms. The molecule has 0 atom stereocenters. The van der Waals surface area contributed by atoms with Crippen LogP contribution in [-0.4, -0.2) is 11.8 Å². The number of carbonyl (C=O) groups is 2. The van der Waals surface area contributed by atoms with Crippen LogP contribution in [0.2, 0.25) is 0 Å². The normalized spacial score (nSPS) is 11.2. The Morgan fingerprint density at radius 3 is 2.17 bits per heavy atom. The molecule has 154 valence electrons. The molecule has 2 N–H and O–H groups in total. The molecule has 0 saturated heterocycles. The van der Waals surface area contributed by atoms with E-state index in [-0.39, 0.29) is 11.6 Å². The van der Waals surface area contributed by atoms with Gasteiger partial charge in [0.1, 0.15) is 11.5 Å². The SMILES string of the molecule is CCc1cccc(CC)c1NC(=O)/C(=C/c1ccco1)NC(=O)c1ccc(C)cc1. The second kappa shape index (κ2) is 9.74. The van der Waals surface area contributed by atoms with E-state index in [9.17, 15) is 9.59 Å². The topological polar surface area (TPSA) is 71.3 Å². The number of rotatable bonds is 7. The van der Waals surface area contributed by atoms with Gasteiger partial charge >= 0.3 is 0 Å². The van der Waals surface area contributed by atoms with E-state index in [1.165, 1.54) is 12.3 Å². The van der Waals surface area contributed by atoms with Gasteiger partial charge in [0.25, 0.3) is 11.8 Å². The molecule has 0 aliphatic carbocycles. The summed E-state index contributed by atoms with van der Waals surface area (Å²) in [5, 5.41) is 5.73. The van der Waals surface area contributed by atoms with E-state index >= 15 is 0 Å². The smallest absolute Gasteiger partial charge is 0.272 e. The number of anilines is 1. The number of carbonyl (C=O) groups excluding carboxylic acids is 2. The minimum absolute atomic E-state index is 0.114. The Morgan fingerprint density at radius 2 is 1.60 bits per heavy atom. The highest BCUT2D eigenvalue weighted by Crippen LogP contribution is 2.23. The number of hydrogen-bond donors (Lipinski definition) is 2. The van der Waals surface area contributed by atoms with E-state index in [1.807, 2.05) is 51.1 Å². The summed E-state index contributed by atoms with van der Waals surface area (Å²) in [5.74, 6) is -0.284. The van der Waals surface area contributed by atoms with Crippen LogP contribution in [0.4, 0.5) is 5.69 Å². The maximum absolute atomic E-state index is 13.2. The van der Waals surface area contributed by atoms with E-state index < -0.39 is 5.91 Å². The molecule has 1 aromatic heterocycles. The van der Waals surface area contributed by atoms with Crippen LogP contribution in [0.1, 0.15) is 46.7 Å². The first kappa shape index (κ1) is 21.1. The second-order valence-corrected chi connectivity index (χ2v) is 7.01. The van der Waals surface area contributed by atoms with Gasteiger partial charge in [-0.1, -0.05) is 49.7 Å². The van der Waals surface area contributed by atoms with Gasteiger partial charge < -0.3 is 15.1 Å². The molecule has 0 fully saturated rings. The van der Waals surface area contributed by atoms with E-state index in [1.54, 1.807) is 24.3 Å². The fraction of sp³-hybridized carbons (Fsp3) is 0.200. The van der Waals surface area contributed by atoms with Gasteiger partial charge in [-0.2, -0.15) is 0 Å². The third kappa shape index (κ3) is 5.06. The summed E-state index contributed by atoms with van der Waals surface area (Å²) in [5.41, 5.74) is 4.53. The molecule has 0 unspecified atom stereocenters. The molecule has 5 heteroatoms. The van der Waals surface area contributed by atoms with Crippen LogP contribution in [0.5, 0.6) is 0 Å². The van der Waals surface area contributed by atoms with Crippen molar-refractivity contribution in [1.29, 1.82) is 0 Å². The van der Waals surface area contributed by atoms with Gasteiger partial charge in [-0.25, -0.2) is 0 Å². The van der Waals surface area contributed by atoms with Gasteiger partial charge in [-0.05, 0) is 55.2 Å². The molecule has 1 heterocycles. The van der Waals surface area contributed by atoms with Crippen molar-refractivity contribution in [2.75, 3.05) is 5.32 Å². The van der Waals surface area contributed by atoms with Crippen molar-refractivity contribution >= 4 is 23.6 Å². The molecule has 0 saturated carbocycles. The average molecular weight is 402 g/mol. The zero-order valence-corrected chi connectivity index (χ0v) is 17.5. The molecule has 5 nitrogen and oxygen atoms in total. The molecule has 2 amide bonds. The molecular formula is C25H26N2O3. The van der Waals surface area contributed by atoms with E-state index in [0.29, 0.717) is 11.3 Å². The first-order valence-corrected chi connectivity index (χ1v) is 10.1. The predicted octanol–water partition coefficient (Wildman–Crippen LogP) is 5.12. The number of amides is 2. The number of para-hydroxylation sites is 1. The summed E-state index contributed by atoms with van der Waals surface area (Å²) in [6.07, 6.45) is 4.62. The Hall–Kier alpha value is -3.60. The number of hydrogen-bond acceptors (Lipinski definition) is 3. The maximum Gasteiger partial charge on any atom is 0.272 e. The zero-order chi connectivity index (χ0) is 21.5. The number of aryl methyl sites for hydroxylation is 3. The van der Waals surface area contributed by atoms with Gasteiger partial charge in [0, 0.05) is 17.3 Å². The third-order valence-corrected chi connectivity index (χ3v) is 4.87. The molecule has 0 bridgehead atoms. The lowest BCUT2D eigenvalue weighted by Gasteiger charge is -2.16. The summed E-state index contributed by atoms with van der Waals surface area (Å²) in [7, 11) is 0. The lowest BCUT2D eigenvalue weighted by atomic mass is 10.0. The Balaban J connectivity index is 1.90. The molecule has 0 aliphatic rings. The Labute approximate surface area is 176 Å². The Kier molecular flexibility index (Phi) is 6.86. The van der Waals surface area contributed by atoms with Crippen LogP contribution < -0.4 is 10.6 Å². The Bertz CT molecular complexity index is 1030. The minimum atomic E-state index is -0.400. The predicted molar refractivity (Wildman–Crippen MR) is 119 cm³/mol. The van der Waals surface area contributed by atoms with Crippen LogP contribution in [0.25, 0.3) is 6.08 Å². The van der Waals surface area contributed by atoms with Gasteiger partial charge in [0.05, 0.1) is 6.26 Å². The van der Waals surface area contributed by atoms with Crippen molar-refractivity contribution in [2.24, 2.45) is 0 Å². The summed E-state index contributed by atoms with van der Waals surface area (Å²) in [4.78, 5) is 25.9. The van der Waals surface area contributed by atoms with Gasteiger partial charge in [0.2, 0.25) is 0 Å². The van der Waals surface area contributed by atoms with Crippen LogP contribution in [-0.2, 0) is 17.6 Å². The van der Waals surface area contributed by atoms with Crippen molar-refractivity contribution < 1.29 is 14.0 Å². The van der Waals surface area contributed by atoms with Crippen molar-refractivity contribution in [3.05, 3.63) is 94.6 Å². The minimum Gasteiger partial charge on any atom is -0.465 e. The van der Waals surface area contributed by atoms with Gasteiger partial charge in [-0.15, -0.1) is 0 Å².